The van der Waals surface area contributed by atoms with E-state index in [1.165, 1.54) is 11.8 Å². The number of nitrogens with one attached hydrogen (secondary N) is 1. The standard InChI is InChI=1S/C18H14Cl2N2O2S/c19-14-5-1-12(2-6-14)10-25-11-17(23)22-18-16(9-21-24-18)13-3-7-15(20)8-4-13/h1-9H,10-11H2,(H,22,23). The summed E-state index contributed by atoms with van der Waals surface area (Å²) in [6, 6.07) is 14.8. The van der Waals surface area contributed by atoms with Gasteiger partial charge in [0.05, 0.1) is 17.5 Å². The van der Waals surface area contributed by atoms with E-state index >= 15 is 0 Å². The summed E-state index contributed by atoms with van der Waals surface area (Å²) in [6.07, 6.45) is 1.57. The Labute approximate surface area is 159 Å². The molecule has 0 bridgehead atoms. The number of anilines is 1. The molecule has 0 aliphatic carbocycles. The third-order valence-corrected chi connectivity index (χ3v) is 4.90. The van der Waals surface area contributed by atoms with Gasteiger partial charge >= 0.3 is 0 Å². The minimum Gasteiger partial charge on any atom is -0.338 e. The molecule has 1 N–H and O–H groups in total. The summed E-state index contributed by atoms with van der Waals surface area (Å²) >= 11 is 13.3. The first-order chi connectivity index (χ1) is 12.1. The second-order valence-electron chi connectivity index (χ2n) is 5.24. The van der Waals surface area contributed by atoms with Crippen LogP contribution in [-0.4, -0.2) is 16.8 Å². The Hall–Kier alpha value is -1.95. The maximum atomic E-state index is 12.1. The van der Waals surface area contributed by atoms with Crippen LogP contribution >= 0.6 is 35.0 Å². The molecule has 1 aromatic heterocycles. The van der Waals surface area contributed by atoms with Crippen molar-refractivity contribution in [1.82, 2.24) is 5.16 Å². The molecule has 0 saturated carbocycles. The number of hydrogen-bond donors (Lipinski definition) is 1. The molecule has 0 saturated heterocycles. The van der Waals surface area contributed by atoms with Gasteiger partial charge in [-0.15, -0.1) is 11.8 Å². The summed E-state index contributed by atoms with van der Waals surface area (Å²) in [5, 5.41) is 7.87. The minimum atomic E-state index is -0.147. The van der Waals surface area contributed by atoms with Gasteiger partial charge in [0.25, 0.3) is 0 Å². The zero-order valence-electron chi connectivity index (χ0n) is 13.0. The zero-order chi connectivity index (χ0) is 17.6. The lowest BCUT2D eigenvalue weighted by Crippen LogP contribution is -2.14. The number of halogens is 2. The van der Waals surface area contributed by atoms with E-state index in [9.17, 15) is 4.79 Å². The Morgan fingerprint density at radius 2 is 1.68 bits per heavy atom. The maximum Gasteiger partial charge on any atom is 0.239 e. The molecule has 4 nitrogen and oxygen atoms in total. The summed E-state index contributed by atoms with van der Waals surface area (Å²) in [6.45, 7) is 0. The lowest BCUT2D eigenvalue weighted by Gasteiger charge is -2.05. The molecular formula is C18H14Cl2N2O2S. The monoisotopic (exact) mass is 392 g/mol. The largest absolute Gasteiger partial charge is 0.338 e. The summed E-state index contributed by atoms with van der Waals surface area (Å²) < 4.78 is 5.16. The number of carbonyl (C=O) groups is 1. The Morgan fingerprint density at radius 1 is 1.04 bits per heavy atom. The first-order valence-corrected chi connectivity index (χ1v) is 9.35. The SMILES string of the molecule is O=C(CSCc1ccc(Cl)cc1)Nc1oncc1-c1ccc(Cl)cc1. The summed E-state index contributed by atoms with van der Waals surface area (Å²) in [4.78, 5) is 12.1. The van der Waals surface area contributed by atoms with Crippen molar-refractivity contribution in [2.75, 3.05) is 11.1 Å². The number of aromatic nitrogens is 1. The van der Waals surface area contributed by atoms with Gasteiger partial charge in [0.15, 0.2) is 0 Å². The number of rotatable bonds is 6. The summed E-state index contributed by atoms with van der Waals surface area (Å²) in [5.41, 5.74) is 2.70. The fourth-order valence-electron chi connectivity index (χ4n) is 2.17. The van der Waals surface area contributed by atoms with Crippen LogP contribution in [0.15, 0.2) is 59.3 Å². The normalized spacial score (nSPS) is 10.6. The van der Waals surface area contributed by atoms with Crippen LogP contribution in [0, 0.1) is 0 Å². The molecule has 128 valence electrons. The molecule has 0 aliphatic heterocycles. The van der Waals surface area contributed by atoms with E-state index in [4.69, 9.17) is 27.7 Å². The van der Waals surface area contributed by atoms with E-state index in [-0.39, 0.29) is 5.91 Å². The van der Waals surface area contributed by atoms with Crippen LogP contribution in [0.2, 0.25) is 10.0 Å². The van der Waals surface area contributed by atoms with Gasteiger partial charge in [-0.3, -0.25) is 10.1 Å². The van der Waals surface area contributed by atoms with Crippen LogP contribution in [0.25, 0.3) is 11.1 Å². The van der Waals surface area contributed by atoms with Crippen molar-refractivity contribution >= 4 is 46.8 Å². The maximum absolute atomic E-state index is 12.1. The molecule has 7 heteroatoms. The van der Waals surface area contributed by atoms with Gasteiger partial charge in [-0.1, -0.05) is 52.6 Å². The van der Waals surface area contributed by atoms with Crippen LogP contribution in [0.5, 0.6) is 0 Å². The smallest absolute Gasteiger partial charge is 0.239 e. The highest BCUT2D eigenvalue weighted by molar-refractivity contribution is 7.99. The molecule has 25 heavy (non-hydrogen) atoms. The van der Waals surface area contributed by atoms with Crippen LogP contribution < -0.4 is 5.32 Å². The van der Waals surface area contributed by atoms with Crippen molar-refractivity contribution in [3.8, 4) is 11.1 Å². The second-order valence-corrected chi connectivity index (χ2v) is 7.10. The highest BCUT2D eigenvalue weighted by atomic mass is 35.5. The Kier molecular flexibility index (Phi) is 6.02. The van der Waals surface area contributed by atoms with Crippen LogP contribution in [0.4, 0.5) is 5.88 Å². The molecule has 0 aliphatic rings. The highest BCUT2D eigenvalue weighted by Crippen LogP contribution is 2.29. The number of hydrogen-bond acceptors (Lipinski definition) is 4. The van der Waals surface area contributed by atoms with Crippen molar-refractivity contribution in [2.24, 2.45) is 0 Å². The highest BCUT2D eigenvalue weighted by Gasteiger charge is 2.13. The molecule has 3 aromatic rings. The third-order valence-electron chi connectivity index (χ3n) is 3.39. The average molecular weight is 393 g/mol. The van der Waals surface area contributed by atoms with Crippen molar-refractivity contribution in [3.05, 3.63) is 70.3 Å². The molecule has 0 spiro atoms. The first-order valence-electron chi connectivity index (χ1n) is 7.44. The average Bonchev–Trinajstić information content (AvgIpc) is 3.05. The van der Waals surface area contributed by atoms with E-state index in [0.29, 0.717) is 27.2 Å². The van der Waals surface area contributed by atoms with E-state index < -0.39 is 0 Å². The second kappa shape index (κ2) is 8.43. The zero-order valence-corrected chi connectivity index (χ0v) is 15.4. The Balaban J connectivity index is 1.56. The van der Waals surface area contributed by atoms with Gasteiger partial charge in [0.2, 0.25) is 11.8 Å². The summed E-state index contributed by atoms with van der Waals surface area (Å²) in [5.74, 6) is 1.22. The molecule has 1 amide bonds. The van der Waals surface area contributed by atoms with E-state index in [1.807, 2.05) is 36.4 Å². The molecule has 0 fully saturated rings. The Morgan fingerprint density at radius 3 is 2.36 bits per heavy atom. The van der Waals surface area contributed by atoms with Crippen molar-refractivity contribution < 1.29 is 9.32 Å². The third kappa shape index (κ3) is 5.01. The first kappa shape index (κ1) is 17.9. The minimum absolute atomic E-state index is 0.147. The predicted molar refractivity (Wildman–Crippen MR) is 103 cm³/mol. The number of nitrogens with zero attached hydrogens (tertiary/aromatic N) is 1. The van der Waals surface area contributed by atoms with Gasteiger partial charge in [-0.2, -0.15) is 0 Å². The van der Waals surface area contributed by atoms with Gasteiger partial charge in [0.1, 0.15) is 0 Å². The molecule has 1 heterocycles. The van der Waals surface area contributed by atoms with Crippen molar-refractivity contribution in [3.63, 3.8) is 0 Å². The van der Waals surface area contributed by atoms with Crippen LogP contribution in [0.3, 0.4) is 0 Å². The molecule has 0 unspecified atom stereocenters. The van der Waals surface area contributed by atoms with Crippen molar-refractivity contribution in [2.45, 2.75) is 5.75 Å². The molecule has 0 radical (unpaired) electrons. The molecule has 0 atom stereocenters. The molecule has 2 aromatic carbocycles. The lowest BCUT2D eigenvalue weighted by atomic mass is 10.1. The predicted octanol–water partition coefficient (Wildman–Crippen LogP) is 5.52. The van der Waals surface area contributed by atoms with E-state index in [2.05, 4.69) is 10.5 Å². The quantitative estimate of drug-likeness (QED) is 0.599. The van der Waals surface area contributed by atoms with Gasteiger partial charge in [-0.05, 0) is 35.4 Å². The van der Waals surface area contributed by atoms with Crippen LogP contribution in [0.1, 0.15) is 5.56 Å². The molecular weight excluding hydrogens is 379 g/mol. The number of benzene rings is 2. The van der Waals surface area contributed by atoms with E-state index in [1.54, 1.807) is 18.3 Å². The van der Waals surface area contributed by atoms with Crippen molar-refractivity contribution in [1.29, 1.82) is 0 Å². The fourth-order valence-corrected chi connectivity index (χ4v) is 3.21. The Bertz CT molecular complexity index is 848. The van der Waals surface area contributed by atoms with Gasteiger partial charge in [-0.25, -0.2) is 0 Å². The topological polar surface area (TPSA) is 55.1 Å². The number of thioether (sulfide) groups is 1. The lowest BCUT2D eigenvalue weighted by molar-refractivity contribution is -0.113. The molecule has 3 rings (SSSR count). The summed E-state index contributed by atoms with van der Waals surface area (Å²) in [7, 11) is 0. The van der Waals surface area contributed by atoms with E-state index in [0.717, 1.165) is 16.9 Å². The number of amides is 1. The number of carbonyl (C=O) groups excluding carboxylic acids is 1. The van der Waals surface area contributed by atoms with Gasteiger partial charge < -0.3 is 4.52 Å². The fraction of sp³-hybridized carbons (Fsp3) is 0.111. The van der Waals surface area contributed by atoms with Crippen LogP contribution in [-0.2, 0) is 10.5 Å². The van der Waals surface area contributed by atoms with Gasteiger partial charge in [0, 0.05) is 15.8 Å².